The van der Waals surface area contributed by atoms with Crippen LogP contribution in [-0.2, 0) is 20.7 Å². The zero-order valence-electron chi connectivity index (χ0n) is 14.1. The van der Waals surface area contributed by atoms with E-state index in [9.17, 15) is 9.59 Å². The van der Waals surface area contributed by atoms with Crippen molar-refractivity contribution in [1.82, 2.24) is 5.32 Å². The molecule has 0 fully saturated rings. The Bertz CT molecular complexity index is 733. The van der Waals surface area contributed by atoms with Gasteiger partial charge in [-0.15, -0.1) is 0 Å². The van der Waals surface area contributed by atoms with E-state index in [1.165, 1.54) is 7.11 Å². The van der Waals surface area contributed by atoms with Gasteiger partial charge in [0.2, 0.25) is 0 Å². The quantitative estimate of drug-likeness (QED) is 0.718. The number of benzene rings is 2. The minimum atomic E-state index is -0.756. The van der Waals surface area contributed by atoms with Gasteiger partial charge >= 0.3 is 5.97 Å². The van der Waals surface area contributed by atoms with Crippen LogP contribution in [0.1, 0.15) is 11.1 Å². The van der Waals surface area contributed by atoms with Crippen molar-refractivity contribution < 1.29 is 19.1 Å². The Hall–Kier alpha value is -2.34. The summed E-state index contributed by atoms with van der Waals surface area (Å²) < 4.78 is 11.2. The van der Waals surface area contributed by atoms with Crippen molar-refractivity contribution in [2.45, 2.75) is 19.4 Å². The fourth-order valence-electron chi connectivity index (χ4n) is 2.23. The number of carbonyl (C=O) groups is 2. The number of halogens is 1. The number of rotatable bonds is 7. The van der Waals surface area contributed by atoms with Crippen LogP contribution in [0, 0.1) is 6.92 Å². The molecule has 0 radical (unpaired) electrons. The summed E-state index contributed by atoms with van der Waals surface area (Å²) in [4.78, 5) is 24.1. The van der Waals surface area contributed by atoms with Gasteiger partial charge in [0.05, 0.1) is 7.11 Å². The summed E-state index contributed by atoms with van der Waals surface area (Å²) in [6.45, 7) is 1.78. The van der Waals surface area contributed by atoms with Gasteiger partial charge in [0.1, 0.15) is 11.8 Å². The highest BCUT2D eigenvalue weighted by Crippen LogP contribution is 2.22. The van der Waals surface area contributed by atoms with E-state index in [1.807, 2.05) is 43.3 Å². The average Bonchev–Trinajstić information content (AvgIpc) is 2.62. The number of esters is 1. The molecule has 0 aliphatic rings. The van der Waals surface area contributed by atoms with Crippen LogP contribution in [0.15, 0.2) is 53.0 Å². The zero-order chi connectivity index (χ0) is 18.2. The normalized spacial score (nSPS) is 11.5. The third-order valence-corrected chi connectivity index (χ3v) is 4.47. The summed E-state index contributed by atoms with van der Waals surface area (Å²) in [6, 6.07) is 14.2. The first-order valence-electron chi connectivity index (χ1n) is 7.79. The Morgan fingerprint density at radius 2 is 1.88 bits per heavy atom. The van der Waals surface area contributed by atoms with Crippen LogP contribution in [0.2, 0.25) is 0 Å². The highest BCUT2D eigenvalue weighted by Gasteiger charge is 2.22. The number of amides is 1. The summed E-state index contributed by atoms with van der Waals surface area (Å²) in [5.41, 5.74) is 2.01. The van der Waals surface area contributed by atoms with Gasteiger partial charge in [0.25, 0.3) is 5.91 Å². The van der Waals surface area contributed by atoms with Crippen LogP contribution in [0.5, 0.6) is 5.75 Å². The second-order valence-corrected chi connectivity index (χ2v) is 6.39. The molecule has 0 saturated heterocycles. The second-order valence-electron chi connectivity index (χ2n) is 5.53. The van der Waals surface area contributed by atoms with E-state index >= 15 is 0 Å². The third kappa shape index (κ3) is 5.90. The maximum atomic E-state index is 12.1. The lowest BCUT2D eigenvalue weighted by atomic mass is 10.1. The van der Waals surface area contributed by atoms with E-state index in [-0.39, 0.29) is 12.5 Å². The molecule has 2 aromatic carbocycles. The minimum absolute atomic E-state index is 0.183. The number of carbonyl (C=O) groups excluding carboxylic acids is 2. The largest absolute Gasteiger partial charge is 0.484 e. The Morgan fingerprint density at radius 3 is 2.52 bits per heavy atom. The first-order valence-corrected chi connectivity index (χ1v) is 8.59. The van der Waals surface area contributed by atoms with Gasteiger partial charge in [-0.3, -0.25) is 4.79 Å². The number of aryl methyl sites for hydroxylation is 1. The monoisotopic (exact) mass is 405 g/mol. The number of hydrogen-bond donors (Lipinski definition) is 1. The molecule has 1 N–H and O–H groups in total. The highest BCUT2D eigenvalue weighted by atomic mass is 79.9. The number of ether oxygens (including phenoxy) is 2. The molecule has 0 aliphatic heterocycles. The molecule has 0 heterocycles. The fourth-order valence-corrected chi connectivity index (χ4v) is 2.59. The first kappa shape index (κ1) is 19.0. The topological polar surface area (TPSA) is 64.6 Å². The molecule has 5 nitrogen and oxygen atoms in total. The smallest absolute Gasteiger partial charge is 0.328 e. The summed E-state index contributed by atoms with van der Waals surface area (Å²) in [5.74, 6) is -0.302. The van der Waals surface area contributed by atoms with Crippen molar-refractivity contribution >= 4 is 27.8 Å². The summed E-state index contributed by atoms with van der Waals surface area (Å²) in [7, 11) is 1.30. The molecule has 0 aliphatic carbocycles. The van der Waals surface area contributed by atoms with Crippen molar-refractivity contribution in [3.63, 3.8) is 0 Å². The van der Waals surface area contributed by atoms with Gasteiger partial charge in [-0.1, -0.05) is 52.3 Å². The van der Waals surface area contributed by atoms with E-state index < -0.39 is 12.0 Å². The lowest BCUT2D eigenvalue weighted by Crippen LogP contribution is -2.44. The molecule has 2 rings (SSSR count). The van der Waals surface area contributed by atoms with Crippen LogP contribution in [0.4, 0.5) is 0 Å². The van der Waals surface area contributed by atoms with Crippen molar-refractivity contribution in [1.29, 1.82) is 0 Å². The molecule has 0 unspecified atom stereocenters. The molecule has 1 atom stereocenters. The van der Waals surface area contributed by atoms with Crippen molar-refractivity contribution in [2.24, 2.45) is 0 Å². The van der Waals surface area contributed by atoms with Crippen molar-refractivity contribution in [3.8, 4) is 5.75 Å². The molecule has 0 spiro atoms. The van der Waals surface area contributed by atoms with Crippen LogP contribution in [-0.4, -0.2) is 31.6 Å². The van der Waals surface area contributed by atoms with E-state index in [4.69, 9.17) is 9.47 Å². The minimum Gasteiger partial charge on any atom is -0.484 e. The first-order chi connectivity index (χ1) is 12.0. The molecule has 0 bridgehead atoms. The van der Waals surface area contributed by atoms with Gasteiger partial charge in [0.15, 0.2) is 6.61 Å². The third-order valence-electron chi connectivity index (χ3n) is 3.62. The molecular formula is C19H20BrNO4. The molecule has 132 valence electrons. The van der Waals surface area contributed by atoms with Crippen LogP contribution < -0.4 is 10.1 Å². The summed E-state index contributed by atoms with van der Waals surface area (Å²) >= 11 is 3.42. The van der Waals surface area contributed by atoms with E-state index in [1.54, 1.807) is 12.1 Å². The predicted octanol–water partition coefficient (Wildman–Crippen LogP) is 3.04. The van der Waals surface area contributed by atoms with Crippen LogP contribution in [0.3, 0.4) is 0 Å². The van der Waals surface area contributed by atoms with E-state index in [0.717, 1.165) is 15.6 Å². The maximum Gasteiger partial charge on any atom is 0.328 e. The summed E-state index contributed by atoms with van der Waals surface area (Å²) in [5, 5.41) is 2.66. The lowest BCUT2D eigenvalue weighted by molar-refractivity contribution is -0.145. The van der Waals surface area contributed by atoms with Crippen LogP contribution >= 0.6 is 15.9 Å². The molecule has 0 aromatic heterocycles. The van der Waals surface area contributed by atoms with Gasteiger partial charge in [0, 0.05) is 10.9 Å². The van der Waals surface area contributed by atoms with Gasteiger partial charge in [-0.25, -0.2) is 4.79 Å². The molecule has 25 heavy (non-hydrogen) atoms. The number of hydrogen-bond acceptors (Lipinski definition) is 4. The average molecular weight is 406 g/mol. The second kappa shape index (κ2) is 9.22. The molecule has 0 saturated carbocycles. The summed E-state index contributed by atoms with van der Waals surface area (Å²) in [6.07, 6.45) is 0.356. The highest BCUT2D eigenvalue weighted by molar-refractivity contribution is 9.10. The maximum absolute atomic E-state index is 12.1. The van der Waals surface area contributed by atoms with Gasteiger partial charge in [-0.2, -0.15) is 0 Å². The Labute approximate surface area is 155 Å². The number of nitrogens with one attached hydrogen (secondary N) is 1. The Balaban J connectivity index is 1.94. The molecule has 1 amide bonds. The molecular weight excluding hydrogens is 386 g/mol. The van der Waals surface area contributed by atoms with Crippen molar-refractivity contribution in [3.05, 3.63) is 64.1 Å². The Morgan fingerprint density at radius 1 is 1.16 bits per heavy atom. The standard InChI is InChI=1S/C19H20BrNO4/c1-13-8-9-15(11-16(13)20)25-12-18(22)21-17(19(23)24-2)10-14-6-4-3-5-7-14/h3-9,11,17H,10,12H2,1-2H3,(H,21,22)/t17-/m1/s1. The molecule has 6 heteroatoms. The SMILES string of the molecule is COC(=O)[C@@H](Cc1ccccc1)NC(=O)COc1ccc(C)c(Br)c1. The predicted molar refractivity (Wildman–Crippen MR) is 98.5 cm³/mol. The Kier molecular flexibility index (Phi) is 7.01. The fraction of sp³-hybridized carbons (Fsp3) is 0.263. The van der Waals surface area contributed by atoms with Crippen LogP contribution in [0.25, 0.3) is 0 Å². The molecule has 2 aromatic rings. The van der Waals surface area contributed by atoms with Gasteiger partial charge in [-0.05, 0) is 30.2 Å². The van der Waals surface area contributed by atoms with E-state index in [2.05, 4.69) is 21.2 Å². The number of methoxy groups -OCH3 is 1. The zero-order valence-corrected chi connectivity index (χ0v) is 15.7. The van der Waals surface area contributed by atoms with Crippen molar-refractivity contribution in [2.75, 3.05) is 13.7 Å². The lowest BCUT2D eigenvalue weighted by Gasteiger charge is -2.17. The van der Waals surface area contributed by atoms with Gasteiger partial charge < -0.3 is 14.8 Å². The van der Waals surface area contributed by atoms with E-state index in [0.29, 0.717) is 12.2 Å².